The number of benzene rings is 2. The zero-order valence-electron chi connectivity index (χ0n) is 16.3. The van der Waals surface area contributed by atoms with E-state index < -0.39 is 16.6 Å². The Morgan fingerprint density at radius 2 is 1.32 bits per heavy atom. The van der Waals surface area contributed by atoms with E-state index in [2.05, 4.69) is 69.1 Å². The van der Waals surface area contributed by atoms with E-state index in [0.717, 1.165) is 12.2 Å². The molecule has 0 fully saturated rings. The monoisotopic (exact) mass is 390 g/mol. The third-order valence-corrected chi connectivity index (χ3v) is 10.9. The van der Waals surface area contributed by atoms with Crippen molar-refractivity contribution in [2.24, 2.45) is 0 Å². The van der Waals surface area contributed by atoms with E-state index in [1.54, 1.807) is 18.9 Å². The second-order valence-corrected chi connectivity index (χ2v) is 18.1. The lowest BCUT2D eigenvalue weighted by Crippen LogP contribution is -2.42. The summed E-state index contributed by atoms with van der Waals surface area (Å²) in [6.45, 7) is 11.5. The fourth-order valence-electron chi connectivity index (χ4n) is 2.83. The highest BCUT2D eigenvalue weighted by molar-refractivity contribution is 7.99. The van der Waals surface area contributed by atoms with Crippen LogP contribution in [0.15, 0.2) is 58.3 Å². The van der Waals surface area contributed by atoms with Gasteiger partial charge < -0.3 is 8.85 Å². The quantitative estimate of drug-likeness (QED) is 0.483. The largest absolute Gasteiger partial charge is 0.497 e. The average molecular weight is 391 g/mol. The molecule has 0 radical (unpaired) electrons. The molecule has 25 heavy (non-hydrogen) atoms. The molecule has 0 spiro atoms. The molecule has 0 N–H and O–H groups in total. The van der Waals surface area contributed by atoms with Gasteiger partial charge in [0.05, 0.1) is 7.11 Å². The Morgan fingerprint density at radius 1 is 0.800 bits per heavy atom. The second-order valence-electron chi connectivity index (χ2n) is 7.90. The lowest BCUT2D eigenvalue weighted by Gasteiger charge is -2.31. The van der Waals surface area contributed by atoms with Crippen LogP contribution in [0.2, 0.25) is 38.8 Å². The summed E-state index contributed by atoms with van der Waals surface area (Å²) in [6.07, 6.45) is 1.11. The van der Waals surface area contributed by atoms with Gasteiger partial charge in [0.1, 0.15) is 5.75 Å². The Kier molecular flexibility index (Phi) is 6.96. The molecule has 2 aromatic rings. The highest BCUT2D eigenvalue weighted by Crippen LogP contribution is 2.29. The van der Waals surface area contributed by atoms with Crippen molar-refractivity contribution in [2.75, 3.05) is 7.11 Å². The van der Waals surface area contributed by atoms with Crippen molar-refractivity contribution >= 4 is 28.4 Å². The van der Waals surface area contributed by atoms with Gasteiger partial charge in [-0.15, -0.1) is 0 Å². The summed E-state index contributed by atoms with van der Waals surface area (Å²) in [5.41, 5.74) is 1.40. The number of ether oxygens (including phenoxy) is 1. The molecule has 0 saturated carbocycles. The van der Waals surface area contributed by atoms with E-state index in [1.807, 2.05) is 12.1 Å². The van der Waals surface area contributed by atoms with Crippen LogP contribution >= 0.6 is 11.8 Å². The minimum absolute atomic E-state index is 0.895. The van der Waals surface area contributed by atoms with Gasteiger partial charge in [-0.1, -0.05) is 23.9 Å². The zero-order valence-corrected chi connectivity index (χ0v) is 19.1. The summed E-state index contributed by atoms with van der Waals surface area (Å²) in [7, 11) is -1.31. The third-order valence-electron chi connectivity index (χ3n) is 3.82. The van der Waals surface area contributed by atoms with Crippen LogP contribution in [0.4, 0.5) is 0 Å². The normalized spacial score (nSPS) is 12.2. The molecule has 0 saturated heterocycles. The zero-order chi connectivity index (χ0) is 18.5. The smallest absolute Gasteiger partial charge is 0.173 e. The Morgan fingerprint density at radius 3 is 1.80 bits per heavy atom. The van der Waals surface area contributed by atoms with Crippen molar-refractivity contribution in [3.63, 3.8) is 0 Å². The lowest BCUT2D eigenvalue weighted by atomic mass is 10.2. The van der Waals surface area contributed by atoms with E-state index in [9.17, 15) is 0 Å². The SMILES string of the molecule is COc1ccc(Sc2ccc(CC[Si](C)(C)O[Si](C)(C)C)cc2)cc1. The second kappa shape index (κ2) is 8.58. The van der Waals surface area contributed by atoms with Gasteiger partial charge in [-0.2, -0.15) is 0 Å². The van der Waals surface area contributed by atoms with E-state index in [0.29, 0.717) is 0 Å². The molecule has 2 aromatic carbocycles. The van der Waals surface area contributed by atoms with Crippen LogP contribution in [0.3, 0.4) is 0 Å². The van der Waals surface area contributed by atoms with E-state index in [1.165, 1.54) is 21.4 Å². The molecule has 0 bridgehead atoms. The number of methoxy groups -OCH3 is 1. The van der Waals surface area contributed by atoms with Crippen molar-refractivity contribution in [2.45, 2.75) is 55.0 Å². The van der Waals surface area contributed by atoms with Crippen molar-refractivity contribution in [1.29, 1.82) is 0 Å². The van der Waals surface area contributed by atoms with Crippen LogP contribution in [-0.4, -0.2) is 23.7 Å². The number of hydrogen-bond acceptors (Lipinski definition) is 3. The minimum Gasteiger partial charge on any atom is -0.497 e. The molecular formula is C20H30O2SSi2. The summed E-state index contributed by atoms with van der Waals surface area (Å²) in [6, 6.07) is 18.3. The molecular weight excluding hydrogens is 360 g/mol. The van der Waals surface area contributed by atoms with Crippen LogP contribution in [-0.2, 0) is 10.5 Å². The first kappa shape index (κ1) is 20.3. The Balaban J connectivity index is 1.91. The summed E-state index contributed by atoms with van der Waals surface area (Å²) >= 11 is 1.78. The standard InChI is InChI=1S/C20H30O2SSi2/c1-21-18-9-13-20(14-10-18)23-19-11-7-17(8-12-19)15-16-25(5,6)22-24(2,3)4/h7-14H,15-16H2,1-6H3. The molecule has 5 heteroatoms. The molecule has 2 nitrogen and oxygen atoms in total. The van der Waals surface area contributed by atoms with Crippen molar-refractivity contribution in [3.05, 3.63) is 54.1 Å². The number of aryl methyl sites for hydroxylation is 1. The molecule has 136 valence electrons. The number of hydrogen-bond donors (Lipinski definition) is 0. The molecule has 0 aliphatic carbocycles. The van der Waals surface area contributed by atoms with Crippen LogP contribution in [0.1, 0.15) is 5.56 Å². The average Bonchev–Trinajstić information content (AvgIpc) is 2.53. The Bertz CT molecular complexity index is 662. The van der Waals surface area contributed by atoms with Crippen LogP contribution in [0.25, 0.3) is 0 Å². The van der Waals surface area contributed by atoms with Crippen molar-refractivity contribution in [1.82, 2.24) is 0 Å². The molecule has 2 rings (SSSR count). The highest BCUT2D eigenvalue weighted by atomic mass is 32.2. The maximum absolute atomic E-state index is 6.43. The van der Waals surface area contributed by atoms with Gasteiger partial charge in [-0.3, -0.25) is 0 Å². The Labute approximate surface area is 159 Å². The predicted molar refractivity (Wildman–Crippen MR) is 114 cm³/mol. The molecule has 0 aromatic heterocycles. The van der Waals surface area contributed by atoms with Gasteiger partial charge in [-0.05, 0) is 87.2 Å². The van der Waals surface area contributed by atoms with Gasteiger partial charge in [0.25, 0.3) is 0 Å². The highest BCUT2D eigenvalue weighted by Gasteiger charge is 2.29. The molecule has 0 aliphatic rings. The summed E-state index contributed by atoms with van der Waals surface area (Å²) in [4.78, 5) is 2.49. The maximum atomic E-state index is 6.43. The molecule has 0 unspecified atom stereocenters. The van der Waals surface area contributed by atoms with Crippen molar-refractivity contribution < 1.29 is 8.85 Å². The summed E-state index contributed by atoms with van der Waals surface area (Å²) in [5, 5.41) is 0. The first-order valence-electron chi connectivity index (χ1n) is 8.78. The maximum Gasteiger partial charge on any atom is 0.173 e. The third kappa shape index (κ3) is 7.40. The van der Waals surface area contributed by atoms with Crippen LogP contribution in [0.5, 0.6) is 5.75 Å². The van der Waals surface area contributed by atoms with Crippen molar-refractivity contribution in [3.8, 4) is 5.75 Å². The van der Waals surface area contributed by atoms with Gasteiger partial charge in [0.15, 0.2) is 16.6 Å². The van der Waals surface area contributed by atoms with Crippen LogP contribution < -0.4 is 4.74 Å². The molecule has 0 aliphatic heterocycles. The van der Waals surface area contributed by atoms with Gasteiger partial charge in [-0.25, -0.2) is 0 Å². The number of rotatable bonds is 8. The van der Waals surface area contributed by atoms with Gasteiger partial charge in [0, 0.05) is 9.79 Å². The van der Waals surface area contributed by atoms with E-state index in [-0.39, 0.29) is 0 Å². The molecule has 0 amide bonds. The van der Waals surface area contributed by atoms with E-state index >= 15 is 0 Å². The topological polar surface area (TPSA) is 18.5 Å². The Hall–Kier alpha value is -1.02. The van der Waals surface area contributed by atoms with Gasteiger partial charge in [0.2, 0.25) is 0 Å². The molecule has 0 atom stereocenters. The molecule has 0 heterocycles. The lowest BCUT2D eigenvalue weighted by molar-refractivity contribution is 0.414. The van der Waals surface area contributed by atoms with Gasteiger partial charge >= 0.3 is 0 Å². The fraction of sp³-hybridized carbons (Fsp3) is 0.400. The fourth-order valence-corrected chi connectivity index (χ4v) is 11.6. The summed E-state index contributed by atoms with van der Waals surface area (Å²) < 4.78 is 11.6. The first-order chi connectivity index (χ1) is 11.7. The first-order valence-corrected chi connectivity index (χ1v) is 16.1. The van der Waals surface area contributed by atoms with Crippen LogP contribution in [0, 0.1) is 0 Å². The van der Waals surface area contributed by atoms with E-state index in [4.69, 9.17) is 8.85 Å². The minimum atomic E-state index is -1.56. The summed E-state index contributed by atoms with van der Waals surface area (Å²) in [5.74, 6) is 0.895. The predicted octanol–water partition coefficient (Wildman–Crippen LogP) is 6.45.